The van der Waals surface area contributed by atoms with Crippen LogP contribution >= 0.6 is 0 Å². The second-order valence-electron chi connectivity index (χ2n) is 3.57. The molecule has 0 saturated heterocycles. The number of primary amides is 1. The Kier molecular flexibility index (Phi) is 5.34. The van der Waals surface area contributed by atoms with Crippen LogP contribution in [0.25, 0.3) is 0 Å². The van der Waals surface area contributed by atoms with Crippen LogP contribution in [0.2, 0.25) is 0 Å². The number of nitrogens with two attached hydrogens (primary N) is 1. The largest absolute Gasteiger partial charge is 0.370 e. The van der Waals surface area contributed by atoms with Gasteiger partial charge in [-0.25, -0.2) is 0 Å². The maximum Gasteiger partial charge on any atom is 0.217 e. The van der Waals surface area contributed by atoms with Gasteiger partial charge in [0, 0.05) is 12.8 Å². The molecule has 3 nitrogen and oxygen atoms in total. The normalized spacial score (nSPS) is 12.9. The highest BCUT2D eigenvalue weighted by atomic mass is 16.1. The number of aldehydes is 1. The van der Waals surface area contributed by atoms with E-state index in [1.165, 1.54) is 0 Å². The zero-order valence-electron chi connectivity index (χ0n) is 7.75. The number of hydrogen-bond acceptors (Lipinski definition) is 2. The van der Waals surface area contributed by atoms with E-state index >= 15 is 0 Å². The van der Waals surface area contributed by atoms with E-state index in [0.717, 1.165) is 12.7 Å². The summed E-state index contributed by atoms with van der Waals surface area (Å²) >= 11 is 0. The second-order valence-corrected chi connectivity index (χ2v) is 3.57. The molecule has 0 saturated carbocycles. The van der Waals surface area contributed by atoms with Crippen molar-refractivity contribution in [3.8, 4) is 0 Å². The Hall–Kier alpha value is -0.860. The number of amides is 1. The summed E-state index contributed by atoms with van der Waals surface area (Å²) in [6.07, 6.45) is 2.52. The van der Waals surface area contributed by atoms with Crippen molar-refractivity contribution in [2.24, 2.45) is 17.6 Å². The second kappa shape index (κ2) is 5.75. The van der Waals surface area contributed by atoms with E-state index in [9.17, 15) is 9.59 Å². The zero-order chi connectivity index (χ0) is 9.56. The molecule has 0 fully saturated rings. The standard InChI is InChI=1S/C9H17NO2/c1-7(2)5-8(3-4-11)6-9(10)12/h4,7-8H,3,5-6H2,1-2H3,(H2,10,12)/t8-/m1/s1. The van der Waals surface area contributed by atoms with Crippen molar-refractivity contribution < 1.29 is 9.59 Å². The highest BCUT2D eigenvalue weighted by Gasteiger charge is 2.12. The Labute approximate surface area is 73.3 Å². The topological polar surface area (TPSA) is 60.2 Å². The van der Waals surface area contributed by atoms with Crippen LogP contribution in [0.5, 0.6) is 0 Å². The third-order valence-electron chi connectivity index (χ3n) is 1.72. The minimum Gasteiger partial charge on any atom is -0.370 e. The lowest BCUT2D eigenvalue weighted by atomic mass is 9.92. The predicted molar refractivity (Wildman–Crippen MR) is 47.4 cm³/mol. The van der Waals surface area contributed by atoms with E-state index in [2.05, 4.69) is 13.8 Å². The van der Waals surface area contributed by atoms with Gasteiger partial charge >= 0.3 is 0 Å². The van der Waals surface area contributed by atoms with Gasteiger partial charge in [-0.2, -0.15) is 0 Å². The molecule has 1 amide bonds. The van der Waals surface area contributed by atoms with Gasteiger partial charge in [-0.15, -0.1) is 0 Å². The number of hydrogen-bond donors (Lipinski definition) is 1. The van der Waals surface area contributed by atoms with Gasteiger partial charge in [0.15, 0.2) is 0 Å². The average Bonchev–Trinajstić information content (AvgIpc) is 1.84. The third-order valence-corrected chi connectivity index (χ3v) is 1.72. The van der Waals surface area contributed by atoms with Gasteiger partial charge in [0.25, 0.3) is 0 Å². The van der Waals surface area contributed by atoms with Gasteiger partial charge < -0.3 is 10.5 Å². The first-order chi connectivity index (χ1) is 5.56. The first-order valence-corrected chi connectivity index (χ1v) is 4.28. The highest BCUT2D eigenvalue weighted by Crippen LogP contribution is 2.17. The molecule has 0 bridgehead atoms. The molecule has 0 unspecified atom stereocenters. The van der Waals surface area contributed by atoms with Crippen molar-refractivity contribution in [2.45, 2.75) is 33.1 Å². The molecular weight excluding hydrogens is 154 g/mol. The van der Waals surface area contributed by atoms with Crippen LogP contribution in [-0.4, -0.2) is 12.2 Å². The van der Waals surface area contributed by atoms with E-state index in [4.69, 9.17) is 5.73 Å². The van der Waals surface area contributed by atoms with Crippen LogP contribution < -0.4 is 5.73 Å². The summed E-state index contributed by atoms with van der Waals surface area (Å²) in [5.74, 6) is 0.330. The molecule has 0 aromatic rings. The Bertz CT molecular complexity index is 155. The highest BCUT2D eigenvalue weighted by molar-refractivity contribution is 5.74. The lowest BCUT2D eigenvalue weighted by Gasteiger charge is -2.13. The van der Waals surface area contributed by atoms with Crippen molar-refractivity contribution in [3.63, 3.8) is 0 Å². The molecule has 12 heavy (non-hydrogen) atoms. The summed E-state index contributed by atoms with van der Waals surface area (Å²) in [4.78, 5) is 20.8. The van der Waals surface area contributed by atoms with E-state index < -0.39 is 0 Å². The van der Waals surface area contributed by atoms with Gasteiger partial charge in [-0.1, -0.05) is 13.8 Å². The molecule has 0 aliphatic carbocycles. The fourth-order valence-corrected chi connectivity index (χ4v) is 1.35. The van der Waals surface area contributed by atoms with E-state index in [-0.39, 0.29) is 11.8 Å². The Morgan fingerprint density at radius 2 is 2.08 bits per heavy atom. The van der Waals surface area contributed by atoms with Crippen molar-refractivity contribution in [1.82, 2.24) is 0 Å². The summed E-state index contributed by atoms with van der Waals surface area (Å²) in [6, 6.07) is 0. The van der Waals surface area contributed by atoms with Crippen LogP contribution in [-0.2, 0) is 9.59 Å². The van der Waals surface area contributed by atoms with Crippen molar-refractivity contribution in [2.75, 3.05) is 0 Å². The number of carbonyl (C=O) groups excluding carboxylic acids is 2. The van der Waals surface area contributed by atoms with Gasteiger partial charge in [-0.05, 0) is 18.3 Å². The van der Waals surface area contributed by atoms with E-state index in [1.54, 1.807) is 0 Å². The monoisotopic (exact) mass is 171 g/mol. The zero-order valence-corrected chi connectivity index (χ0v) is 7.75. The van der Waals surface area contributed by atoms with Gasteiger partial charge in [0.05, 0.1) is 0 Å². The summed E-state index contributed by atoms with van der Waals surface area (Å²) in [6.45, 7) is 4.14. The summed E-state index contributed by atoms with van der Waals surface area (Å²) < 4.78 is 0. The van der Waals surface area contributed by atoms with Gasteiger partial charge in [0.2, 0.25) is 5.91 Å². The molecule has 0 spiro atoms. The molecule has 0 aliphatic rings. The first-order valence-electron chi connectivity index (χ1n) is 4.28. The molecule has 0 rings (SSSR count). The smallest absolute Gasteiger partial charge is 0.217 e. The summed E-state index contributed by atoms with van der Waals surface area (Å²) in [5, 5.41) is 0. The maximum absolute atomic E-state index is 10.6. The fraction of sp³-hybridized carbons (Fsp3) is 0.778. The summed E-state index contributed by atoms with van der Waals surface area (Å²) in [5.41, 5.74) is 5.04. The molecule has 0 aromatic carbocycles. The third kappa shape index (κ3) is 5.89. The number of carbonyl (C=O) groups is 2. The Morgan fingerprint density at radius 3 is 2.42 bits per heavy atom. The average molecular weight is 171 g/mol. The van der Waals surface area contributed by atoms with Crippen LogP contribution in [0.4, 0.5) is 0 Å². The molecule has 3 heteroatoms. The predicted octanol–water partition coefficient (Wildman–Crippen LogP) is 1.11. The summed E-state index contributed by atoms with van der Waals surface area (Å²) in [7, 11) is 0. The Morgan fingerprint density at radius 1 is 1.50 bits per heavy atom. The molecule has 1 atom stereocenters. The lowest BCUT2D eigenvalue weighted by molar-refractivity contribution is -0.119. The van der Waals surface area contributed by atoms with Gasteiger partial charge in [-0.3, -0.25) is 4.79 Å². The van der Waals surface area contributed by atoms with E-state index in [0.29, 0.717) is 18.8 Å². The van der Waals surface area contributed by atoms with Crippen molar-refractivity contribution in [1.29, 1.82) is 0 Å². The van der Waals surface area contributed by atoms with Crippen LogP contribution in [0, 0.1) is 11.8 Å². The molecule has 0 radical (unpaired) electrons. The molecule has 0 heterocycles. The molecular formula is C9H17NO2. The molecule has 70 valence electrons. The maximum atomic E-state index is 10.6. The molecule has 0 aromatic heterocycles. The fourth-order valence-electron chi connectivity index (χ4n) is 1.35. The first kappa shape index (κ1) is 11.1. The lowest BCUT2D eigenvalue weighted by Crippen LogP contribution is -2.18. The minimum atomic E-state index is -0.317. The van der Waals surface area contributed by atoms with Crippen molar-refractivity contribution >= 4 is 12.2 Å². The SMILES string of the molecule is CC(C)C[C@@H](CC=O)CC(N)=O. The van der Waals surface area contributed by atoms with Crippen LogP contribution in [0.15, 0.2) is 0 Å². The van der Waals surface area contributed by atoms with E-state index in [1.807, 2.05) is 0 Å². The Balaban J connectivity index is 3.85. The van der Waals surface area contributed by atoms with Crippen LogP contribution in [0.3, 0.4) is 0 Å². The number of rotatable bonds is 6. The minimum absolute atomic E-state index is 0.139. The molecule has 0 aliphatic heterocycles. The quantitative estimate of drug-likeness (QED) is 0.608. The molecule has 2 N–H and O–H groups in total. The van der Waals surface area contributed by atoms with Crippen molar-refractivity contribution in [3.05, 3.63) is 0 Å². The van der Waals surface area contributed by atoms with Gasteiger partial charge in [0.1, 0.15) is 6.29 Å². The van der Waals surface area contributed by atoms with Crippen LogP contribution in [0.1, 0.15) is 33.1 Å².